The highest BCUT2D eigenvalue weighted by atomic mass is 16.5. The van der Waals surface area contributed by atoms with Crippen molar-refractivity contribution in [2.24, 2.45) is 0 Å². The highest BCUT2D eigenvalue weighted by Crippen LogP contribution is 2.30. The van der Waals surface area contributed by atoms with Crippen LogP contribution in [-0.4, -0.2) is 12.6 Å². The molecular weight excluding hydrogens is 212 g/mol. The van der Waals surface area contributed by atoms with E-state index in [9.17, 15) is 0 Å². The molecule has 0 saturated heterocycles. The van der Waals surface area contributed by atoms with Crippen LogP contribution in [0.3, 0.4) is 0 Å². The van der Waals surface area contributed by atoms with Gasteiger partial charge < -0.3 is 15.8 Å². The van der Waals surface area contributed by atoms with Crippen LogP contribution in [0.15, 0.2) is 18.2 Å². The van der Waals surface area contributed by atoms with Crippen LogP contribution in [0.4, 0.5) is 11.4 Å². The molecule has 0 heterocycles. The molecule has 3 N–H and O–H groups in total. The number of anilines is 2. The number of para-hydroxylation sites is 1. The van der Waals surface area contributed by atoms with E-state index in [0.29, 0.717) is 18.3 Å². The van der Waals surface area contributed by atoms with Crippen molar-refractivity contribution in [3.63, 3.8) is 0 Å². The van der Waals surface area contributed by atoms with Crippen molar-refractivity contribution >= 4 is 11.4 Å². The first-order chi connectivity index (χ1) is 8.22. The number of ether oxygens (including phenoxy) is 1. The quantitative estimate of drug-likeness (QED) is 0.710. The molecule has 0 aliphatic heterocycles. The minimum atomic E-state index is 0.485. The Morgan fingerprint density at radius 1 is 1.29 bits per heavy atom. The van der Waals surface area contributed by atoms with E-state index in [2.05, 4.69) is 19.2 Å². The fourth-order valence-corrected chi connectivity index (χ4v) is 1.90. The molecule has 0 bridgehead atoms. The molecule has 1 rings (SSSR count). The molecular formula is C14H24N2O. The summed E-state index contributed by atoms with van der Waals surface area (Å²) in [7, 11) is 0. The minimum absolute atomic E-state index is 0.485. The molecule has 0 spiro atoms. The number of nitrogens with one attached hydrogen (secondary N) is 1. The molecule has 0 amide bonds. The van der Waals surface area contributed by atoms with E-state index in [4.69, 9.17) is 10.5 Å². The molecule has 0 aliphatic rings. The monoisotopic (exact) mass is 236 g/mol. The first-order valence-electron chi connectivity index (χ1n) is 6.50. The second-order valence-electron chi connectivity index (χ2n) is 4.19. The van der Waals surface area contributed by atoms with Gasteiger partial charge in [0, 0.05) is 6.04 Å². The topological polar surface area (TPSA) is 47.3 Å². The van der Waals surface area contributed by atoms with Crippen LogP contribution in [0.1, 0.15) is 40.0 Å². The normalized spacial score (nSPS) is 12.2. The smallest absolute Gasteiger partial charge is 0.144 e. The third-order valence-electron chi connectivity index (χ3n) is 2.86. The Balaban J connectivity index is 2.79. The second-order valence-corrected chi connectivity index (χ2v) is 4.19. The van der Waals surface area contributed by atoms with Crippen molar-refractivity contribution in [3.8, 4) is 5.75 Å². The molecule has 1 unspecified atom stereocenters. The Morgan fingerprint density at radius 2 is 2.06 bits per heavy atom. The lowest BCUT2D eigenvalue weighted by atomic mass is 10.1. The molecule has 3 heteroatoms. The van der Waals surface area contributed by atoms with E-state index in [-0.39, 0.29) is 0 Å². The maximum atomic E-state index is 6.08. The zero-order valence-corrected chi connectivity index (χ0v) is 11.1. The van der Waals surface area contributed by atoms with E-state index >= 15 is 0 Å². The largest absolute Gasteiger partial charge is 0.492 e. The van der Waals surface area contributed by atoms with Gasteiger partial charge in [0.2, 0.25) is 0 Å². The summed E-state index contributed by atoms with van der Waals surface area (Å²) in [4.78, 5) is 0. The van der Waals surface area contributed by atoms with E-state index in [1.165, 1.54) is 6.42 Å². The van der Waals surface area contributed by atoms with Crippen LogP contribution >= 0.6 is 0 Å². The van der Waals surface area contributed by atoms with Crippen molar-refractivity contribution < 1.29 is 4.74 Å². The van der Waals surface area contributed by atoms with Gasteiger partial charge in [0.15, 0.2) is 0 Å². The molecule has 0 saturated carbocycles. The van der Waals surface area contributed by atoms with Crippen molar-refractivity contribution in [2.75, 3.05) is 17.7 Å². The van der Waals surface area contributed by atoms with Crippen LogP contribution in [0, 0.1) is 0 Å². The van der Waals surface area contributed by atoms with E-state index in [0.717, 1.165) is 24.3 Å². The maximum Gasteiger partial charge on any atom is 0.144 e. The van der Waals surface area contributed by atoms with Crippen molar-refractivity contribution in [1.82, 2.24) is 0 Å². The highest BCUT2D eigenvalue weighted by molar-refractivity contribution is 5.73. The van der Waals surface area contributed by atoms with Crippen LogP contribution in [0.5, 0.6) is 5.75 Å². The van der Waals surface area contributed by atoms with E-state index in [1.807, 2.05) is 25.1 Å². The molecule has 0 fully saturated rings. The lowest BCUT2D eigenvalue weighted by Gasteiger charge is -2.20. The Labute approximate surface area is 104 Å². The lowest BCUT2D eigenvalue weighted by Crippen LogP contribution is -2.19. The van der Waals surface area contributed by atoms with E-state index < -0.39 is 0 Å². The van der Waals surface area contributed by atoms with Gasteiger partial charge in [-0.3, -0.25) is 0 Å². The summed E-state index contributed by atoms with van der Waals surface area (Å²) < 4.78 is 5.49. The number of nitrogens with two attached hydrogens (primary N) is 1. The van der Waals surface area contributed by atoms with Gasteiger partial charge in [0.1, 0.15) is 5.75 Å². The second kappa shape index (κ2) is 7.05. The first-order valence-corrected chi connectivity index (χ1v) is 6.50. The number of hydrogen-bond acceptors (Lipinski definition) is 3. The Bertz CT molecular complexity index is 339. The standard InChI is InChI=1S/C14H24N2O/c1-4-8-11(5-2)16-12-9-7-10-13(14(12)15)17-6-3/h7,9-11,16H,4-6,8,15H2,1-3H3. The van der Waals surface area contributed by atoms with Crippen molar-refractivity contribution in [1.29, 1.82) is 0 Å². The Kier molecular flexibility index (Phi) is 5.67. The van der Waals surface area contributed by atoms with Gasteiger partial charge in [-0.15, -0.1) is 0 Å². The third kappa shape index (κ3) is 3.84. The Morgan fingerprint density at radius 3 is 2.65 bits per heavy atom. The number of hydrogen-bond donors (Lipinski definition) is 2. The van der Waals surface area contributed by atoms with Gasteiger partial charge in [0.05, 0.1) is 18.0 Å². The van der Waals surface area contributed by atoms with Crippen LogP contribution < -0.4 is 15.8 Å². The van der Waals surface area contributed by atoms with Gasteiger partial charge in [-0.1, -0.05) is 26.3 Å². The molecule has 17 heavy (non-hydrogen) atoms. The van der Waals surface area contributed by atoms with Crippen LogP contribution in [0.25, 0.3) is 0 Å². The van der Waals surface area contributed by atoms with Crippen LogP contribution in [-0.2, 0) is 0 Å². The maximum absolute atomic E-state index is 6.08. The fraction of sp³-hybridized carbons (Fsp3) is 0.571. The molecule has 0 aromatic heterocycles. The summed E-state index contributed by atoms with van der Waals surface area (Å²) in [5.74, 6) is 0.767. The summed E-state index contributed by atoms with van der Waals surface area (Å²) in [6.07, 6.45) is 3.44. The molecule has 1 atom stereocenters. The molecule has 0 radical (unpaired) electrons. The molecule has 0 aliphatic carbocycles. The predicted octanol–water partition coefficient (Wildman–Crippen LogP) is 3.66. The SMILES string of the molecule is CCCC(CC)Nc1cccc(OCC)c1N. The van der Waals surface area contributed by atoms with Crippen LogP contribution in [0.2, 0.25) is 0 Å². The first kappa shape index (κ1) is 13.7. The number of nitrogen functional groups attached to an aromatic ring is 1. The van der Waals surface area contributed by atoms with Gasteiger partial charge >= 0.3 is 0 Å². The average Bonchev–Trinajstić information content (AvgIpc) is 2.33. The number of benzene rings is 1. The molecule has 96 valence electrons. The van der Waals surface area contributed by atoms with Gasteiger partial charge in [-0.2, -0.15) is 0 Å². The zero-order valence-electron chi connectivity index (χ0n) is 11.1. The number of rotatable bonds is 7. The molecule has 1 aromatic rings. The predicted molar refractivity (Wildman–Crippen MR) is 74.6 cm³/mol. The summed E-state index contributed by atoms with van der Waals surface area (Å²) in [5.41, 5.74) is 7.78. The molecule has 3 nitrogen and oxygen atoms in total. The van der Waals surface area contributed by atoms with Crippen molar-refractivity contribution in [2.45, 2.75) is 46.1 Å². The average molecular weight is 236 g/mol. The van der Waals surface area contributed by atoms with Crippen molar-refractivity contribution in [3.05, 3.63) is 18.2 Å². The van der Waals surface area contributed by atoms with Gasteiger partial charge in [-0.05, 0) is 31.9 Å². The summed E-state index contributed by atoms with van der Waals surface area (Å²) >= 11 is 0. The van der Waals surface area contributed by atoms with Gasteiger partial charge in [0.25, 0.3) is 0 Å². The van der Waals surface area contributed by atoms with Gasteiger partial charge in [-0.25, -0.2) is 0 Å². The van der Waals surface area contributed by atoms with E-state index in [1.54, 1.807) is 0 Å². The molecule has 1 aromatic carbocycles. The minimum Gasteiger partial charge on any atom is -0.492 e. The third-order valence-corrected chi connectivity index (χ3v) is 2.86. The summed E-state index contributed by atoms with van der Waals surface area (Å²) in [6, 6.07) is 6.38. The fourth-order valence-electron chi connectivity index (χ4n) is 1.90. The lowest BCUT2D eigenvalue weighted by molar-refractivity contribution is 0.342. The summed E-state index contributed by atoms with van der Waals surface area (Å²) in [5, 5.41) is 3.49. The summed E-state index contributed by atoms with van der Waals surface area (Å²) in [6.45, 7) is 6.99. The zero-order chi connectivity index (χ0) is 12.7. The Hall–Kier alpha value is -1.38. The highest BCUT2D eigenvalue weighted by Gasteiger charge is 2.09.